The van der Waals surface area contributed by atoms with Crippen molar-refractivity contribution < 1.29 is 14.3 Å². The SMILES string of the molecule is Cc1ccc2nc(N(CCCN3CCOCC3)C(=O)COc3ccc(C(C)C)cc3)sc2c1.Cl. The number of hydrogen-bond acceptors (Lipinski definition) is 6. The van der Waals surface area contributed by atoms with E-state index < -0.39 is 0 Å². The van der Waals surface area contributed by atoms with Crippen molar-refractivity contribution in [3.63, 3.8) is 0 Å². The minimum Gasteiger partial charge on any atom is -0.484 e. The average Bonchev–Trinajstić information content (AvgIpc) is 3.24. The van der Waals surface area contributed by atoms with E-state index in [0.717, 1.165) is 54.6 Å². The van der Waals surface area contributed by atoms with Crippen molar-refractivity contribution in [1.82, 2.24) is 9.88 Å². The number of ether oxygens (including phenoxy) is 2. The molecule has 8 heteroatoms. The molecule has 2 aromatic carbocycles. The van der Waals surface area contributed by atoms with E-state index in [0.29, 0.717) is 18.2 Å². The molecule has 34 heavy (non-hydrogen) atoms. The van der Waals surface area contributed by atoms with Gasteiger partial charge in [-0.15, -0.1) is 12.4 Å². The van der Waals surface area contributed by atoms with Crippen molar-refractivity contribution >= 4 is 45.0 Å². The lowest BCUT2D eigenvalue weighted by Crippen LogP contribution is -2.40. The number of aromatic nitrogens is 1. The Hall–Kier alpha value is -2.19. The van der Waals surface area contributed by atoms with Gasteiger partial charge in [0.25, 0.3) is 5.91 Å². The van der Waals surface area contributed by atoms with Crippen molar-refractivity contribution in [1.29, 1.82) is 0 Å². The number of benzene rings is 2. The van der Waals surface area contributed by atoms with Gasteiger partial charge in [0.15, 0.2) is 11.7 Å². The van der Waals surface area contributed by atoms with Crippen LogP contribution in [0.5, 0.6) is 5.75 Å². The number of fused-ring (bicyclic) bond motifs is 1. The Bertz CT molecular complexity index is 1060. The number of morpholine rings is 1. The molecule has 1 fully saturated rings. The summed E-state index contributed by atoms with van der Waals surface area (Å²) in [6.45, 7) is 11.4. The second-order valence-corrected chi connectivity index (χ2v) is 9.84. The smallest absolute Gasteiger partial charge is 0.266 e. The zero-order valence-electron chi connectivity index (χ0n) is 20.2. The van der Waals surface area contributed by atoms with Crippen LogP contribution in [0.25, 0.3) is 10.2 Å². The molecule has 1 aliphatic heterocycles. The normalized spacial score (nSPS) is 14.2. The summed E-state index contributed by atoms with van der Waals surface area (Å²) in [6.07, 6.45) is 0.879. The summed E-state index contributed by atoms with van der Waals surface area (Å²) in [6, 6.07) is 14.2. The molecule has 0 bridgehead atoms. The van der Waals surface area contributed by atoms with Crippen LogP contribution in [0.1, 0.15) is 37.3 Å². The molecule has 1 amide bonds. The van der Waals surface area contributed by atoms with Crippen LogP contribution in [0.2, 0.25) is 0 Å². The van der Waals surface area contributed by atoms with Crippen LogP contribution in [0, 0.1) is 6.92 Å². The Balaban J connectivity index is 0.00000324. The molecule has 0 unspecified atom stereocenters. The second kappa shape index (κ2) is 12.5. The van der Waals surface area contributed by atoms with Gasteiger partial charge >= 0.3 is 0 Å². The fraction of sp³-hybridized carbons (Fsp3) is 0.462. The number of nitrogens with zero attached hydrogens (tertiary/aromatic N) is 3. The highest BCUT2D eigenvalue weighted by molar-refractivity contribution is 7.22. The van der Waals surface area contributed by atoms with Crippen LogP contribution in [0.15, 0.2) is 42.5 Å². The van der Waals surface area contributed by atoms with E-state index in [2.05, 4.69) is 49.9 Å². The van der Waals surface area contributed by atoms with Crippen molar-refractivity contribution in [2.45, 2.75) is 33.1 Å². The molecule has 4 rings (SSSR count). The van der Waals surface area contributed by atoms with Crippen molar-refractivity contribution in [3.05, 3.63) is 53.6 Å². The van der Waals surface area contributed by atoms with E-state index in [1.807, 2.05) is 18.2 Å². The van der Waals surface area contributed by atoms with Crippen LogP contribution < -0.4 is 9.64 Å². The molecule has 6 nitrogen and oxygen atoms in total. The first-order chi connectivity index (χ1) is 16.0. The highest BCUT2D eigenvalue weighted by atomic mass is 35.5. The number of carbonyl (C=O) groups is 1. The average molecular weight is 504 g/mol. The number of halogens is 1. The molecular weight excluding hydrogens is 470 g/mol. The Labute approximate surface area is 212 Å². The number of aryl methyl sites for hydroxylation is 1. The summed E-state index contributed by atoms with van der Waals surface area (Å²) in [5.41, 5.74) is 3.37. The summed E-state index contributed by atoms with van der Waals surface area (Å²) < 4.78 is 12.4. The van der Waals surface area contributed by atoms with Crippen LogP contribution in [-0.2, 0) is 9.53 Å². The minimum absolute atomic E-state index is 0. The third-order valence-corrected chi connectivity index (χ3v) is 6.97. The third-order valence-electron chi connectivity index (χ3n) is 5.93. The molecule has 0 spiro atoms. The number of amides is 1. The quantitative estimate of drug-likeness (QED) is 0.397. The lowest BCUT2D eigenvalue weighted by molar-refractivity contribution is -0.120. The van der Waals surface area contributed by atoms with Gasteiger partial charge in [0.1, 0.15) is 5.75 Å². The molecule has 0 aliphatic carbocycles. The maximum absolute atomic E-state index is 13.3. The molecular formula is C26H34ClN3O3S. The minimum atomic E-state index is -0.0688. The maximum Gasteiger partial charge on any atom is 0.266 e. The van der Waals surface area contributed by atoms with Gasteiger partial charge in [0.2, 0.25) is 0 Å². The Morgan fingerprint density at radius 2 is 1.91 bits per heavy atom. The van der Waals surface area contributed by atoms with Crippen LogP contribution >= 0.6 is 23.7 Å². The number of rotatable bonds is 9. The van der Waals surface area contributed by atoms with Crippen LogP contribution in [0.3, 0.4) is 0 Å². The predicted molar refractivity (Wildman–Crippen MR) is 142 cm³/mol. The van der Waals surface area contributed by atoms with Gasteiger partial charge in [-0.3, -0.25) is 14.6 Å². The van der Waals surface area contributed by atoms with Crippen LogP contribution in [-0.4, -0.2) is 61.8 Å². The first-order valence-corrected chi connectivity index (χ1v) is 12.5. The van der Waals surface area contributed by atoms with E-state index >= 15 is 0 Å². The molecule has 0 atom stereocenters. The highest BCUT2D eigenvalue weighted by Gasteiger charge is 2.21. The first kappa shape index (κ1) is 26.4. The lowest BCUT2D eigenvalue weighted by Gasteiger charge is -2.27. The monoisotopic (exact) mass is 503 g/mol. The number of hydrogen-bond donors (Lipinski definition) is 0. The summed E-state index contributed by atoms with van der Waals surface area (Å²) in [4.78, 5) is 22.2. The van der Waals surface area contributed by atoms with Crippen molar-refractivity contribution in [2.24, 2.45) is 0 Å². The second-order valence-electron chi connectivity index (χ2n) is 8.83. The van der Waals surface area contributed by atoms with E-state index in [1.54, 1.807) is 16.2 Å². The van der Waals surface area contributed by atoms with Crippen molar-refractivity contribution in [2.75, 3.05) is 50.9 Å². The Kier molecular flexibility index (Phi) is 9.71. The van der Waals surface area contributed by atoms with Crippen LogP contribution in [0.4, 0.5) is 5.13 Å². The number of thiazole rings is 1. The maximum atomic E-state index is 13.3. The van der Waals surface area contributed by atoms with Gasteiger partial charge < -0.3 is 9.47 Å². The highest BCUT2D eigenvalue weighted by Crippen LogP contribution is 2.30. The molecule has 2 heterocycles. The van der Waals surface area contributed by atoms with E-state index in [4.69, 9.17) is 14.5 Å². The van der Waals surface area contributed by atoms with E-state index in [-0.39, 0.29) is 24.9 Å². The molecule has 1 aliphatic rings. The van der Waals surface area contributed by atoms with Crippen molar-refractivity contribution in [3.8, 4) is 5.75 Å². The molecule has 1 saturated heterocycles. The fourth-order valence-corrected chi connectivity index (χ4v) is 5.02. The molecule has 3 aromatic rings. The van der Waals surface area contributed by atoms with Gasteiger partial charge in [0, 0.05) is 26.2 Å². The molecule has 0 radical (unpaired) electrons. The standard InChI is InChI=1S/C26H33N3O3S.ClH/c1-19(2)21-6-8-22(9-7-21)32-18-25(30)29(12-4-11-28-13-15-31-16-14-28)26-27-23-10-5-20(3)17-24(23)33-26;/h5-10,17,19H,4,11-16,18H2,1-3H3;1H. The largest absolute Gasteiger partial charge is 0.484 e. The molecule has 184 valence electrons. The van der Waals surface area contributed by atoms with Gasteiger partial charge in [0.05, 0.1) is 23.4 Å². The topological polar surface area (TPSA) is 54.9 Å². The summed E-state index contributed by atoms with van der Waals surface area (Å²) in [5.74, 6) is 1.10. The Morgan fingerprint density at radius 1 is 1.18 bits per heavy atom. The number of carbonyl (C=O) groups excluding carboxylic acids is 1. The summed E-state index contributed by atoms with van der Waals surface area (Å²) in [7, 11) is 0. The molecule has 0 N–H and O–H groups in total. The Morgan fingerprint density at radius 3 is 2.62 bits per heavy atom. The molecule has 0 saturated carbocycles. The summed E-state index contributed by atoms with van der Waals surface area (Å²) >= 11 is 1.57. The summed E-state index contributed by atoms with van der Waals surface area (Å²) in [5, 5.41) is 0.737. The molecule has 1 aromatic heterocycles. The fourth-order valence-electron chi connectivity index (χ4n) is 3.91. The van der Waals surface area contributed by atoms with E-state index in [1.165, 1.54) is 11.1 Å². The van der Waals surface area contributed by atoms with Gasteiger partial charge in [-0.25, -0.2) is 4.98 Å². The van der Waals surface area contributed by atoms with E-state index in [9.17, 15) is 4.79 Å². The van der Waals surface area contributed by atoms with Gasteiger partial charge in [-0.05, 0) is 54.7 Å². The zero-order valence-corrected chi connectivity index (χ0v) is 21.8. The predicted octanol–water partition coefficient (Wildman–Crippen LogP) is 5.28. The number of anilines is 1. The van der Waals surface area contributed by atoms with Gasteiger partial charge in [-0.2, -0.15) is 0 Å². The first-order valence-electron chi connectivity index (χ1n) is 11.7. The third kappa shape index (κ3) is 6.92. The zero-order chi connectivity index (χ0) is 23.2. The van der Waals surface area contributed by atoms with Gasteiger partial charge in [-0.1, -0.05) is 43.4 Å². The lowest BCUT2D eigenvalue weighted by atomic mass is 10.0.